The summed E-state index contributed by atoms with van der Waals surface area (Å²) in [5.74, 6) is 0.196. The summed E-state index contributed by atoms with van der Waals surface area (Å²) in [7, 11) is -9.91. The summed E-state index contributed by atoms with van der Waals surface area (Å²) in [6.07, 6.45) is 54.4. The minimum absolute atomic E-state index is 0.103. The molecule has 5 atom stereocenters. The number of hydrogen-bond acceptors (Lipinski definition) is 15. The highest BCUT2D eigenvalue weighted by molar-refractivity contribution is 7.47. The average molecular weight is 1410 g/mol. The molecule has 0 radical (unpaired) electrons. The van der Waals surface area contributed by atoms with Gasteiger partial charge in [0.05, 0.1) is 26.4 Å². The molecule has 0 saturated carbocycles. The van der Waals surface area contributed by atoms with Gasteiger partial charge < -0.3 is 33.8 Å². The summed E-state index contributed by atoms with van der Waals surface area (Å²) in [5, 5.41) is 10.6. The van der Waals surface area contributed by atoms with Crippen LogP contribution in [0.4, 0.5) is 0 Å². The third-order valence-electron chi connectivity index (χ3n) is 17.9. The summed E-state index contributed by atoms with van der Waals surface area (Å²) in [6.45, 7) is 11.9. The Kier molecular flexibility index (Phi) is 66.2. The Labute approximate surface area is 588 Å². The van der Waals surface area contributed by atoms with E-state index in [0.29, 0.717) is 31.6 Å². The molecule has 3 N–H and O–H groups in total. The van der Waals surface area contributed by atoms with E-state index >= 15 is 0 Å². The molecule has 0 aromatic rings. The maximum absolute atomic E-state index is 13.1. The van der Waals surface area contributed by atoms with Crippen molar-refractivity contribution in [3.05, 3.63) is 0 Å². The molecule has 0 rings (SSSR count). The van der Waals surface area contributed by atoms with Crippen LogP contribution in [0, 0.1) is 17.8 Å². The van der Waals surface area contributed by atoms with Crippen molar-refractivity contribution in [2.24, 2.45) is 17.8 Å². The van der Waals surface area contributed by atoms with Gasteiger partial charge in [-0.05, 0) is 43.4 Å². The van der Waals surface area contributed by atoms with Gasteiger partial charge in [-0.15, -0.1) is 0 Å². The van der Waals surface area contributed by atoms with Gasteiger partial charge >= 0.3 is 39.5 Å². The van der Waals surface area contributed by atoms with E-state index in [0.717, 1.165) is 108 Å². The predicted molar refractivity (Wildman–Crippen MR) is 391 cm³/mol. The summed E-state index contributed by atoms with van der Waals surface area (Å²) < 4.78 is 68.4. The number of carbonyl (C=O) groups excluding carboxylic acids is 4. The lowest BCUT2D eigenvalue weighted by atomic mass is 10.0. The number of rotatable bonds is 75. The van der Waals surface area contributed by atoms with Crippen LogP contribution < -0.4 is 0 Å². The van der Waals surface area contributed by atoms with Gasteiger partial charge in [0.15, 0.2) is 12.2 Å². The summed E-state index contributed by atoms with van der Waals surface area (Å²) >= 11 is 0. The van der Waals surface area contributed by atoms with Crippen LogP contribution in [0.1, 0.15) is 395 Å². The SMILES string of the molecule is CCCCCCCCCCC(=O)OC[C@H](COP(=O)(O)OC[C@H](O)COP(=O)(O)OC[C@@H](COC(=O)CCCCCCCCCCCCCCCCCCC(C)C)OC(=O)CCCCCCCCCCCCCCCCCCC(C)C)OC(=O)CCCCCCCCCC(C)C. The van der Waals surface area contributed by atoms with Gasteiger partial charge in [-0.25, -0.2) is 9.13 Å². The molecule has 0 spiro atoms. The third kappa shape index (κ3) is 70.5. The fourth-order valence-corrected chi connectivity index (χ4v) is 13.4. The van der Waals surface area contributed by atoms with E-state index < -0.39 is 97.5 Å². The first-order valence-corrected chi connectivity index (χ1v) is 42.8. The van der Waals surface area contributed by atoms with Gasteiger partial charge in [0.25, 0.3) is 0 Å². The van der Waals surface area contributed by atoms with E-state index in [1.165, 1.54) is 199 Å². The molecule has 0 heterocycles. The number of aliphatic hydroxyl groups is 1. The van der Waals surface area contributed by atoms with Gasteiger partial charge in [0.2, 0.25) is 0 Å². The van der Waals surface area contributed by atoms with Crippen molar-refractivity contribution >= 4 is 39.5 Å². The number of aliphatic hydroxyl groups excluding tert-OH is 1. The van der Waals surface area contributed by atoms with Crippen LogP contribution in [0.3, 0.4) is 0 Å². The van der Waals surface area contributed by atoms with Crippen molar-refractivity contribution in [3.8, 4) is 0 Å². The van der Waals surface area contributed by atoms with Gasteiger partial charge in [0.1, 0.15) is 19.3 Å². The molecule has 19 heteroatoms. The highest BCUT2D eigenvalue weighted by Gasteiger charge is 2.30. The van der Waals surface area contributed by atoms with Crippen molar-refractivity contribution < 1.29 is 80.2 Å². The summed E-state index contributed by atoms with van der Waals surface area (Å²) in [5.41, 5.74) is 0. The smallest absolute Gasteiger partial charge is 0.462 e. The van der Waals surface area contributed by atoms with Crippen LogP contribution in [-0.2, 0) is 65.4 Å². The van der Waals surface area contributed by atoms with Gasteiger partial charge in [-0.1, -0.05) is 344 Å². The highest BCUT2D eigenvalue weighted by atomic mass is 31.2. The molecule has 0 fully saturated rings. The second-order valence-electron chi connectivity index (χ2n) is 29.2. The minimum atomic E-state index is -4.96. The average Bonchev–Trinajstić information content (AvgIpc) is 1.15. The minimum Gasteiger partial charge on any atom is -0.462 e. The lowest BCUT2D eigenvalue weighted by Gasteiger charge is -2.21. The number of unbranched alkanes of at least 4 members (excludes halogenated alkanes) is 43. The molecule has 0 aliphatic carbocycles. The maximum atomic E-state index is 13.1. The second-order valence-corrected chi connectivity index (χ2v) is 32.1. The summed E-state index contributed by atoms with van der Waals surface area (Å²) in [4.78, 5) is 72.7. The number of phosphoric acid groups is 2. The van der Waals surface area contributed by atoms with Crippen LogP contribution in [0.15, 0.2) is 0 Å². The Morgan fingerprint density at radius 1 is 0.281 bits per heavy atom. The predicted octanol–water partition coefficient (Wildman–Crippen LogP) is 22.6. The fraction of sp³-hybridized carbons (Fsp3) is 0.948. The lowest BCUT2D eigenvalue weighted by Crippen LogP contribution is -2.30. The zero-order valence-electron chi connectivity index (χ0n) is 62.8. The molecule has 96 heavy (non-hydrogen) atoms. The Morgan fingerprint density at radius 2 is 0.479 bits per heavy atom. The van der Waals surface area contributed by atoms with Crippen LogP contribution >= 0.6 is 15.6 Å². The van der Waals surface area contributed by atoms with Crippen LogP contribution in [-0.4, -0.2) is 96.7 Å². The first-order valence-electron chi connectivity index (χ1n) is 39.8. The van der Waals surface area contributed by atoms with E-state index in [4.69, 9.17) is 37.0 Å². The first kappa shape index (κ1) is 94.1. The number of esters is 4. The van der Waals surface area contributed by atoms with Crippen molar-refractivity contribution in [3.63, 3.8) is 0 Å². The fourth-order valence-electron chi connectivity index (χ4n) is 11.8. The van der Waals surface area contributed by atoms with E-state index in [1.54, 1.807) is 0 Å². The molecule has 0 aromatic carbocycles. The molecule has 0 bridgehead atoms. The van der Waals surface area contributed by atoms with Crippen LogP contribution in [0.25, 0.3) is 0 Å². The molecule has 0 aliphatic heterocycles. The zero-order chi connectivity index (χ0) is 70.9. The van der Waals surface area contributed by atoms with Gasteiger partial charge in [0, 0.05) is 25.7 Å². The monoisotopic (exact) mass is 1410 g/mol. The number of carbonyl (C=O) groups is 4. The van der Waals surface area contributed by atoms with Crippen molar-refractivity contribution in [2.75, 3.05) is 39.6 Å². The van der Waals surface area contributed by atoms with Crippen LogP contribution in [0.2, 0.25) is 0 Å². The molecule has 570 valence electrons. The molecular weight excluding hydrogens is 1260 g/mol. The quantitative estimate of drug-likeness (QED) is 0.0222. The second kappa shape index (κ2) is 67.5. The standard InChI is InChI=1S/C77H150O17P2/c1-8-9-10-11-12-37-44-51-58-74(79)87-64-73(94-77(82)61-54-47-40-33-36-43-50-57-70(6)7)67-92-96(85,86)90-63-71(78)62-89-95(83,84)91-66-72(93-76(81)60-53-46-39-32-28-24-20-16-14-18-22-26-30-35-42-49-56-69(4)5)65-88-75(80)59-52-45-38-31-27-23-19-15-13-17-21-25-29-34-41-48-55-68(2)3/h68-73,78H,8-67H2,1-7H3,(H,83,84)(H,85,86)/t71-,72-,73-/m1/s1. The lowest BCUT2D eigenvalue weighted by molar-refractivity contribution is -0.161. The van der Waals surface area contributed by atoms with Crippen LogP contribution in [0.5, 0.6) is 0 Å². The molecule has 0 saturated heterocycles. The van der Waals surface area contributed by atoms with Gasteiger partial charge in [-0.2, -0.15) is 0 Å². The molecule has 0 aliphatic rings. The Hall–Kier alpha value is -1.94. The van der Waals surface area contributed by atoms with E-state index in [-0.39, 0.29) is 25.7 Å². The van der Waals surface area contributed by atoms with Crippen molar-refractivity contribution in [1.82, 2.24) is 0 Å². The van der Waals surface area contributed by atoms with E-state index in [2.05, 4.69) is 48.5 Å². The third-order valence-corrected chi connectivity index (χ3v) is 19.8. The largest absolute Gasteiger partial charge is 0.472 e. The Balaban J connectivity index is 5.18. The molecule has 17 nitrogen and oxygen atoms in total. The van der Waals surface area contributed by atoms with Crippen molar-refractivity contribution in [2.45, 2.75) is 414 Å². The maximum Gasteiger partial charge on any atom is 0.472 e. The molecule has 2 unspecified atom stereocenters. The first-order chi connectivity index (χ1) is 46.2. The number of hydrogen-bond donors (Lipinski definition) is 3. The van der Waals surface area contributed by atoms with E-state index in [1.807, 2.05) is 0 Å². The topological polar surface area (TPSA) is 237 Å². The van der Waals surface area contributed by atoms with E-state index in [9.17, 15) is 43.2 Å². The zero-order valence-corrected chi connectivity index (χ0v) is 64.6. The van der Waals surface area contributed by atoms with Crippen molar-refractivity contribution in [1.29, 1.82) is 0 Å². The van der Waals surface area contributed by atoms with Gasteiger partial charge in [-0.3, -0.25) is 37.3 Å². The molecule has 0 aromatic heterocycles. The number of ether oxygens (including phenoxy) is 4. The number of phosphoric ester groups is 2. The Morgan fingerprint density at radius 3 is 0.708 bits per heavy atom. The normalized spacial score (nSPS) is 14.1. The highest BCUT2D eigenvalue weighted by Crippen LogP contribution is 2.45. The Bertz CT molecular complexity index is 1870. The summed E-state index contributed by atoms with van der Waals surface area (Å²) in [6, 6.07) is 0. The molecular formula is C77H150O17P2. The molecule has 0 amide bonds.